The zero-order valence-electron chi connectivity index (χ0n) is 13.5. The molecular formula is C19H23N3O. The summed E-state index contributed by atoms with van der Waals surface area (Å²) < 4.78 is 5.39. The van der Waals surface area contributed by atoms with Crippen LogP contribution in [0.2, 0.25) is 0 Å². The standard InChI is InChI=1S/C19H23N3O/c1-13(20-12-16-10-19(23-22-16)14-8-9-14)6-7-15-11-21-18-5-3-2-4-17(15)18/h2-5,10-11,13-14,20-21H,6-9,12H2,1H3. The SMILES string of the molecule is CC(CCc1c[nH]c2ccccc12)NCc1cc(C2CC2)on1. The molecule has 1 aliphatic carbocycles. The first-order valence-corrected chi connectivity index (χ1v) is 8.53. The Morgan fingerprint density at radius 2 is 2.22 bits per heavy atom. The molecule has 4 rings (SSSR count). The van der Waals surface area contributed by atoms with Crippen LogP contribution in [0.3, 0.4) is 0 Å². The molecule has 3 aromatic rings. The van der Waals surface area contributed by atoms with Crippen LogP contribution in [0.4, 0.5) is 0 Å². The van der Waals surface area contributed by atoms with E-state index in [2.05, 4.69) is 58.9 Å². The fourth-order valence-electron chi connectivity index (χ4n) is 3.06. The topological polar surface area (TPSA) is 53.9 Å². The molecule has 1 fully saturated rings. The van der Waals surface area contributed by atoms with Gasteiger partial charge in [-0.05, 0) is 44.2 Å². The van der Waals surface area contributed by atoms with Crippen LogP contribution in [0.1, 0.15) is 49.1 Å². The number of hydrogen-bond donors (Lipinski definition) is 2. The molecule has 1 unspecified atom stereocenters. The van der Waals surface area contributed by atoms with Crippen LogP contribution in [0.5, 0.6) is 0 Å². The number of aromatic amines is 1. The van der Waals surface area contributed by atoms with Crippen LogP contribution in [0.25, 0.3) is 10.9 Å². The van der Waals surface area contributed by atoms with Crippen molar-refractivity contribution in [3.05, 3.63) is 53.5 Å². The van der Waals surface area contributed by atoms with Gasteiger partial charge in [-0.1, -0.05) is 23.4 Å². The minimum absolute atomic E-state index is 0.449. The smallest absolute Gasteiger partial charge is 0.140 e. The first-order chi connectivity index (χ1) is 11.3. The van der Waals surface area contributed by atoms with Crippen LogP contribution < -0.4 is 5.32 Å². The summed E-state index contributed by atoms with van der Waals surface area (Å²) in [5.41, 5.74) is 3.64. The van der Waals surface area contributed by atoms with E-state index in [1.165, 1.54) is 29.3 Å². The van der Waals surface area contributed by atoms with Gasteiger partial charge >= 0.3 is 0 Å². The maximum Gasteiger partial charge on any atom is 0.140 e. The van der Waals surface area contributed by atoms with E-state index in [1.807, 2.05) is 0 Å². The molecule has 4 heteroatoms. The Kier molecular flexibility index (Phi) is 3.92. The van der Waals surface area contributed by atoms with Gasteiger partial charge in [-0.2, -0.15) is 0 Å². The van der Waals surface area contributed by atoms with E-state index < -0.39 is 0 Å². The van der Waals surface area contributed by atoms with E-state index in [-0.39, 0.29) is 0 Å². The van der Waals surface area contributed by atoms with Crippen LogP contribution in [-0.4, -0.2) is 16.2 Å². The number of hydrogen-bond acceptors (Lipinski definition) is 3. The number of nitrogens with one attached hydrogen (secondary N) is 2. The van der Waals surface area contributed by atoms with Crippen LogP contribution in [0, 0.1) is 0 Å². The highest BCUT2D eigenvalue weighted by molar-refractivity contribution is 5.82. The lowest BCUT2D eigenvalue weighted by Gasteiger charge is -2.12. The number of nitrogens with zero attached hydrogens (tertiary/aromatic N) is 1. The molecule has 2 heterocycles. The lowest BCUT2D eigenvalue weighted by molar-refractivity contribution is 0.373. The molecule has 0 spiro atoms. The summed E-state index contributed by atoms with van der Waals surface area (Å²) in [5.74, 6) is 1.70. The highest BCUT2D eigenvalue weighted by Crippen LogP contribution is 2.40. The third-order valence-corrected chi connectivity index (χ3v) is 4.71. The molecule has 1 atom stereocenters. The minimum atomic E-state index is 0.449. The molecule has 1 aromatic carbocycles. The molecule has 0 saturated heterocycles. The second-order valence-corrected chi connectivity index (χ2v) is 6.68. The number of para-hydroxylation sites is 1. The second-order valence-electron chi connectivity index (χ2n) is 6.68. The largest absolute Gasteiger partial charge is 0.361 e. The summed E-state index contributed by atoms with van der Waals surface area (Å²) in [6.07, 6.45) is 6.82. The molecule has 0 aliphatic heterocycles. The summed E-state index contributed by atoms with van der Waals surface area (Å²) in [6.45, 7) is 3.02. The quantitative estimate of drug-likeness (QED) is 0.689. The van der Waals surface area contributed by atoms with Gasteiger partial charge in [0.05, 0.1) is 5.69 Å². The molecular weight excluding hydrogens is 286 g/mol. The molecule has 1 aliphatic rings. The van der Waals surface area contributed by atoms with Crippen molar-refractivity contribution in [1.82, 2.24) is 15.5 Å². The van der Waals surface area contributed by atoms with Gasteiger partial charge in [0.2, 0.25) is 0 Å². The fourth-order valence-corrected chi connectivity index (χ4v) is 3.06. The average Bonchev–Trinajstić information content (AvgIpc) is 3.18. The van der Waals surface area contributed by atoms with Gasteiger partial charge in [-0.15, -0.1) is 0 Å². The van der Waals surface area contributed by atoms with E-state index in [4.69, 9.17) is 4.52 Å². The van der Waals surface area contributed by atoms with E-state index >= 15 is 0 Å². The Hall–Kier alpha value is -2.07. The van der Waals surface area contributed by atoms with E-state index in [1.54, 1.807) is 0 Å². The number of benzene rings is 1. The molecule has 4 nitrogen and oxygen atoms in total. The molecule has 0 bridgehead atoms. The van der Waals surface area contributed by atoms with Gasteiger partial charge in [0.15, 0.2) is 0 Å². The second kappa shape index (κ2) is 6.20. The summed E-state index contributed by atoms with van der Waals surface area (Å²) in [6, 6.07) is 11.0. The highest BCUT2D eigenvalue weighted by Gasteiger charge is 2.27. The van der Waals surface area contributed by atoms with E-state index in [0.717, 1.165) is 30.8 Å². The number of aromatic nitrogens is 2. The molecule has 0 radical (unpaired) electrons. The van der Waals surface area contributed by atoms with Crippen molar-refractivity contribution in [2.45, 2.75) is 51.1 Å². The molecule has 0 amide bonds. The molecule has 23 heavy (non-hydrogen) atoms. The number of aryl methyl sites for hydroxylation is 1. The van der Waals surface area contributed by atoms with Crippen LogP contribution >= 0.6 is 0 Å². The van der Waals surface area contributed by atoms with Crippen molar-refractivity contribution in [2.24, 2.45) is 0 Å². The molecule has 2 aromatic heterocycles. The van der Waals surface area contributed by atoms with Crippen molar-refractivity contribution >= 4 is 10.9 Å². The van der Waals surface area contributed by atoms with Gasteiger partial charge in [0.25, 0.3) is 0 Å². The summed E-state index contributed by atoms with van der Waals surface area (Å²) in [5, 5.41) is 9.05. The first kappa shape index (κ1) is 14.5. The van der Waals surface area contributed by atoms with Gasteiger partial charge in [0.1, 0.15) is 5.76 Å². The van der Waals surface area contributed by atoms with Crippen molar-refractivity contribution in [3.8, 4) is 0 Å². The monoisotopic (exact) mass is 309 g/mol. The van der Waals surface area contributed by atoms with Crippen LogP contribution in [-0.2, 0) is 13.0 Å². The van der Waals surface area contributed by atoms with Gasteiger partial charge in [0, 0.05) is 41.7 Å². The highest BCUT2D eigenvalue weighted by atomic mass is 16.5. The molecule has 1 saturated carbocycles. The van der Waals surface area contributed by atoms with Gasteiger partial charge in [-0.3, -0.25) is 0 Å². The Morgan fingerprint density at radius 3 is 3.09 bits per heavy atom. The fraction of sp³-hybridized carbons (Fsp3) is 0.421. The van der Waals surface area contributed by atoms with Crippen molar-refractivity contribution in [3.63, 3.8) is 0 Å². The molecule has 2 N–H and O–H groups in total. The Labute approximate surface area is 136 Å². The minimum Gasteiger partial charge on any atom is -0.361 e. The van der Waals surface area contributed by atoms with Crippen molar-refractivity contribution < 1.29 is 4.52 Å². The maximum atomic E-state index is 5.39. The van der Waals surface area contributed by atoms with Crippen molar-refractivity contribution in [1.29, 1.82) is 0 Å². The summed E-state index contributed by atoms with van der Waals surface area (Å²) >= 11 is 0. The zero-order valence-corrected chi connectivity index (χ0v) is 13.5. The molecule has 120 valence electrons. The number of rotatable bonds is 7. The van der Waals surface area contributed by atoms with Gasteiger partial charge in [-0.25, -0.2) is 0 Å². The first-order valence-electron chi connectivity index (χ1n) is 8.53. The Bertz CT molecular complexity index is 785. The van der Waals surface area contributed by atoms with Crippen LogP contribution in [0.15, 0.2) is 41.1 Å². The number of H-pyrrole nitrogens is 1. The summed E-state index contributed by atoms with van der Waals surface area (Å²) in [4.78, 5) is 3.35. The van der Waals surface area contributed by atoms with E-state index in [9.17, 15) is 0 Å². The average molecular weight is 309 g/mol. The van der Waals surface area contributed by atoms with E-state index in [0.29, 0.717) is 12.0 Å². The zero-order chi connectivity index (χ0) is 15.6. The lowest BCUT2D eigenvalue weighted by atomic mass is 10.1. The van der Waals surface area contributed by atoms with Gasteiger partial charge < -0.3 is 14.8 Å². The Balaban J connectivity index is 1.28. The third-order valence-electron chi connectivity index (χ3n) is 4.71. The van der Waals surface area contributed by atoms with Crippen molar-refractivity contribution in [2.75, 3.05) is 0 Å². The predicted octanol–water partition coefficient (Wildman–Crippen LogP) is 4.14. The summed E-state index contributed by atoms with van der Waals surface area (Å²) in [7, 11) is 0. The maximum absolute atomic E-state index is 5.39. The number of fused-ring (bicyclic) bond motifs is 1. The third kappa shape index (κ3) is 3.32. The normalized spacial score (nSPS) is 16.0. The Morgan fingerprint density at radius 1 is 1.35 bits per heavy atom. The predicted molar refractivity (Wildman–Crippen MR) is 91.4 cm³/mol. The lowest BCUT2D eigenvalue weighted by Crippen LogP contribution is -2.26.